The van der Waals surface area contributed by atoms with Gasteiger partial charge in [-0.25, -0.2) is 24.1 Å². The number of halogens is 1. The van der Waals surface area contributed by atoms with Gasteiger partial charge in [0.2, 0.25) is 0 Å². The Hall–Kier alpha value is -4.60. The molecule has 0 saturated carbocycles. The van der Waals surface area contributed by atoms with Crippen LogP contribution in [0.4, 0.5) is 20.7 Å². The van der Waals surface area contributed by atoms with Crippen LogP contribution in [0.1, 0.15) is 16.2 Å². The molecule has 0 spiro atoms. The molecule has 0 aliphatic heterocycles. The summed E-state index contributed by atoms with van der Waals surface area (Å²) in [5.74, 6) is -0.535. The van der Waals surface area contributed by atoms with Gasteiger partial charge in [0, 0.05) is 30.2 Å². The Labute approximate surface area is 194 Å². The molecule has 34 heavy (non-hydrogen) atoms. The standard InChI is InChI=1S/C24H21FN6O3/c1-4-10-30(18-7-5-6-17(25)11-18)23(32)19-14-31-20(13-27-22(31)15(2)28-19)16-8-9-21(26-12-16)29-24(33)34-3/h4-9,11-14H,1,10H2,2-3H3,(H,26,29,33). The van der Waals surface area contributed by atoms with Gasteiger partial charge < -0.3 is 9.64 Å². The van der Waals surface area contributed by atoms with Crippen LogP contribution in [-0.2, 0) is 4.74 Å². The zero-order valence-corrected chi connectivity index (χ0v) is 18.5. The van der Waals surface area contributed by atoms with Crippen LogP contribution in [0.3, 0.4) is 0 Å². The van der Waals surface area contributed by atoms with Gasteiger partial charge >= 0.3 is 6.09 Å². The van der Waals surface area contributed by atoms with Crippen molar-refractivity contribution >= 4 is 29.2 Å². The molecule has 3 aromatic heterocycles. The number of carbonyl (C=O) groups is 2. The number of aryl methyl sites for hydroxylation is 1. The average Bonchev–Trinajstić information content (AvgIpc) is 3.27. The topological polar surface area (TPSA) is 102 Å². The van der Waals surface area contributed by atoms with Crippen LogP contribution in [-0.4, -0.2) is 45.0 Å². The largest absolute Gasteiger partial charge is 0.453 e. The molecular formula is C24H21FN6O3. The Morgan fingerprint density at radius 1 is 1.24 bits per heavy atom. The number of amides is 2. The summed E-state index contributed by atoms with van der Waals surface area (Å²) in [4.78, 5) is 39.2. The lowest BCUT2D eigenvalue weighted by molar-refractivity contribution is 0.0984. The third-order valence-corrected chi connectivity index (χ3v) is 5.03. The second-order valence-corrected chi connectivity index (χ2v) is 7.28. The molecule has 1 aromatic carbocycles. The summed E-state index contributed by atoms with van der Waals surface area (Å²) in [7, 11) is 1.27. The van der Waals surface area contributed by atoms with Gasteiger partial charge in [0.05, 0.1) is 24.7 Å². The Bertz CT molecular complexity index is 1380. The van der Waals surface area contributed by atoms with Crippen molar-refractivity contribution in [2.45, 2.75) is 6.92 Å². The van der Waals surface area contributed by atoms with E-state index in [-0.39, 0.29) is 12.2 Å². The summed E-state index contributed by atoms with van der Waals surface area (Å²) in [6.45, 7) is 5.64. The predicted octanol–water partition coefficient (Wildman–Crippen LogP) is 4.25. The Balaban J connectivity index is 1.73. The number of anilines is 2. The number of fused-ring (bicyclic) bond motifs is 1. The molecule has 0 aliphatic carbocycles. The van der Waals surface area contributed by atoms with Crippen LogP contribution in [0.5, 0.6) is 0 Å². The Morgan fingerprint density at radius 3 is 2.74 bits per heavy atom. The fourth-order valence-corrected chi connectivity index (χ4v) is 3.45. The number of benzene rings is 1. The fraction of sp³-hybridized carbons (Fsp3) is 0.125. The third kappa shape index (κ3) is 4.46. The zero-order chi connectivity index (χ0) is 24.2. The van der Waals surface area contributed by atoms with E-state index in [1.165, 1.54) is 30.2 Å². The number of imidazole rings is 1. The van der Waals surface area contributed by atoms with Crippen LogP contribution in [0.25, 0.3) is 16.9 Å². The lowest BCUT2D eigenvalue weighted by Gasteiger charge is -2.21. The molecular weight excluding hydrogens is 439 g/mol. The summed E-state index contributed by atoms with van der Waals surface area (Å²) < 4.78 is 20.1. The average molecular weight is 460 g/mol. The molecule has 10 heteroatoms. The van der Waals surface area contributed by atoms with Crippen molar-refractivity contribution in [1.82, 2.24) is 19.4 Å². The minimum absolute atomic E-state index is 0.160. The number of hydrogen-bond acceptors (Lipinski definition) is 6. The molecule has 0 aliphatic rings. The van der Waals surface area contributed by atoms with E-state index in [0.29, 0.717) is 34.1 Å². The first-order valence-corrected chi connectivity index (χ1v) is 10.3. The van der Waals surface area contributed by atoms with E-state index >= 15 is 0 Å². The fourth-order valence-electron chi connectivity index (χ4n) is 3.45. The van der Waals surface area contributed by atoms with Crippen molar-refractivity contribution in [3.05, 3.63) is 84.8 Å². The van der Waals surface area contributed by atoms with E-state index in [4.69, 9.17) is 0 Å². The van der Waals surface area contributed by atoms with Gasteiger partial charge in [-0.2, -0.15) is 0 Å². The highest BCUT2D eigenvalue weighted by Gasteiger charge is 2.21. The first-order valence-electron chi connectivity index (χ1n) is 10.3. The number of ether oxygens (including phenoxy) is 1. The van der Waals surface area contributed by atoms with Gasteiger partial charge in [0.15, 0.2) is 5.65 Å². The molecule has 3 heterocycles. The highest BCUT2D eigenvalue weighted by Crippen LogP contribution is 2.24. The number of aromatic nitrogens is 4. The molecule has 0 fully saturated rings. The summed E-state index contributed by atoms with van der Waals surface area (Å²) in [6, 6.07) is 9.16. The van der Waals surface area contributed by atoms with Crippen LogP contribution >= 0.6 is 0 Å². The predicted molar refractivity (Wildman–Crippen MR) is 125 cm³/mol. The van der Waals surface area contributed by atoms with Crippen molar-refractivity contribution in [2.75, 3.05) is 23.9 Å². The third-order valence-electron chi connectivity index (χ3n) is 5.03. The van der Waals surface area contributed by atoms with Gasteiger partial charge in [0.25, 0.3) is 5.91 Å². The monoisotopic (exact) mass is 460 g/mol. The van der Waals surface area contributed by atoms with Gasteiger partial charge in [-0.15, -0.1) is 6.58 Å². The zero-order valence-electron chi connectivity index (χ0n) is 18.5. The van der Waals surface area contributed by atoms with Crippen LogP contribution < -0.4 is 10.2 Å². The number of carbonyl (C=O) groups excluding carboxylic acids is 2. The summed E-state index contributed by atoms with van der Waals surface area (Å²) in [6.07, 6.45) is 5.75. The van der Waals surface area contributed by atoms with E-state index < -0.39 is 17.8 Å². The van der Waals surface area contributed by atoms with Crippen molar-refractivity contribution in [1.29, 1.82) is 0 Å². The molecule has 0 radical (unpaired) electrons. The van der Waals surface area contributed by atoms with Crippen molar-refractivity contribution in [2.24, 2.45) is 0 Å². The minimum Gasteiger partial charge on any atom is -0.453 e. The van der Waals surface area contributed by atoms with Gasteiger partial charge in [-0.3, -0.25) is 14.5 Å². The Kier molecular flexibility index (Phi) is 6.30. The highest BCUT2D eigenvalue weighted by molar-refractivity contribution is 6.05. The molecule has 9 nitrogen and oxygen atoms in total. The lowest BCUT2D eigenvalue weighted by Crippen LogP contribution is -2.32. The van der Waals surface area contributed by atoms with Crippen LogP contribution in [0.15, 0.2) is 67.6 Å². The number of methoxy groups -OCH3 is 1. The number of nitrogens with zero attached hydrogens (tertiary/aromatic N) is 5. The SMILES string of the molecule is C=CCN(C(=O)c1cn2c(-c3ccc(NC(=O)OC)nc3)cnc2c(C)n1)c1cccc(F)c1. The second-order valence-electron chi connectivity index (χ2n) is 7.28. The van der Waals surface area contributed by atoms with E-state index in [1.54, 1.807) is 54.2 Å². The van der Waals surface area contributed by atoms with Crippen molar-refractivity contribution in [3.8, 4) is 11.3 Å². The maximum atomic E-state index is 13.8. The lowest BCUT2D eigenvalue weighted by atomic mass is 10.2. The number of nitrogens with one attached hydrogen (secondary N) is 1. The molecule has 1 N–H and O–H groups in total. The first-order chi connectivity index (χ1) is 16.4. The van der Waals surface area contributed by atoms with Gasteiger partial charge in [0.1, 0.15) is 17.3 Å². The van der Waals surface area contributed by atoms with E-state index in [1.807, 2.05) is 0 Å². The maximum absolute atomic E-state index is 13.8. The normalized spacial score (nSPS) is 10.7. The number of pyridine rings is 1. The minimum atomic E-state index is -0.623. The molecule has 0 bridgehead atoms. The Morgan fingerprint density at radius 2 is 2.06 bits per heavy atom. The molecule has 0 unspecified atom stereocenters. The number of rotatable bonds is 6. The van der Waals surface area contributed by atoms with E-state index in [9.17, 15) is 14.0 Å². The molecule has 0 saturated heterocycles. The molecule has 4 rings (SSSR count). The van der Waals surface area contributed by atoms with Crippen molar-refractivity contribution < 1.29 is 18.7 Å². The van der Waals surface area contributed by atoms with Gasteiger partial charge in [-0.05, 0) is 37.3 Å². The molecule has 172 valence electrons. The summed E-state index contributed by atoms with van der Waals surface area (Å²) >= 11 is 0. The van der Waals surface area contributed by atoms with Gasteiger partial charge in [-0.1, -0.05) is 12.1 Å². The molecule has 2 amide bonds. The van der Waals surface area contributed by atoms with Crippen LogP contribution in [0.2, 0.25) is 0 Å². The number of hydrogen-bond donors (Lipinski definition) is 1. The van der Waals surface area contributed by atoms with E-state index in [2.05, 4.69) is 31.6 Å². The van der Waals surface area contributed by atoms with E-state index in [0.717, 1.165) is 0 Å². The van der Waals surface area contributed by atoms with Crippen molar-refractivity contribution in [3.63, 3.8) is 0 Å². The molecule has 4 aromatic rings. The summed E-state index contributed by atoms with van der Waals surface area (Å²) in [5, 5.41) is 2.49. The molecule has 0 atom stereocenters. The summed E-state index contributed by atoms with van der Waals surface area (Å²) in [5.41, 5.74) is 3.06. The maximum Gasteiger partial charge on any atom is 0.412 e. The second kappa shape index (κ2) is 9.49. The highest BCUT2D eigenvalue weighted by atomic mass is 19.1. The first kappa shape index (κ1) is 22.6. The smallest absolute Gasteiger partial charge is 0.412 e. The van der Waals surface area contributed by atoms with Crippen LogP contribution in [0, 0.1) is 12.7 Å². The quantitative estimate of drug-likeness (QED) is 0.432.